The molecule has 0 aliphatic heterocycles. The lowest BCUT2D eigenvalue weighted by Gasteiger charge is -2.32. The van der Waals surface area contributed by atoms with Crippen LogP contribution in [0.4, 0.5) is 0 Å². The highest BCUT2D eigenvalue weighted by atomic mass is 16.4. The molecule has 0 bridgehead atoms. The summed E-state index contributed by atoms with van der Waals surface area (Å²) in [5, 5.41) is 9.58. The summed E-state index contributed by atoms with van der Waals surface area (Å²) in [6, 6.07) is 15.8. The van der Waals surface area contributed by atoms with Crippen molar-refractivity contribution in [2.75, 3.05) is 14.1 Å². The van der Waals surface area contributed by atoms with Crippen LogP contribution in [0, 0.1) is 0 Å². The first kappa shape index (κ1) is 15.9. The predicted molar refractivity (Wildman–Crippen MR) is 85.0 cm³/mol. The molecule has 4 nitrogen and oxygen atoms in total. The summed E-state index contributed by atoms with van der Waals surface area (Å²) >= 11 is 0. The first-order chi connectivity index (χ1) is 10.4. The average molecular weight is 297 g/mol. The highest BCUT2D eigenvalue weighted by Crippen LogP contribution is 2.27. The van der Waals surface area contributed by atoms with Crippen LogP contribution in [0.15, 0.2) is 54.6 Å². The Labute approximate surface area is 130 Å². The van der Waals surface area contributed by atoms with Crippen LogP contribution in [0.25, 0.3) is 0 Å². The van der Waals surface area contributed by atoms with Crippen molar-refractivity contribution in [1.82, 2.24) is 4.90 Å². The highest BCUT2D eigenvalue weighted by molar-refractivity contribution is 6.09. The number of carbonyl (C=O) groups is 2. The van der Waals surface area contributed by atoms with Crippen molar-refractivity contribution in [3.05, 3.63) is 71.3 Å². The summed E-state index contributed by atoms with van der Waals surface area (Å²) in [5.41, 5.74) is 0.457. The van der Waals surface area contributed by atoms with Crippen LogP contribution in [0.1, 0.15) is 28.4 Å². The maximum Gasteiger partial charge on any atom is 0.328 e. The fraction of sp³-hybridized carbons (Fsp3) is 0.222. The van der Waals surface area contributed by atoms with Gasteiger partial charge in [-0.3, -0.25) is 9.69 Å². The maximum atomic E-state index is 12.5. The van der Waals surface area contributed by atoms with Gasteiger partial charge in [0.25, 0.3) is 0 Å². The number of carboxylic acid groups (broad SMARTS) is 1. The van der Waals surface area contributed by atoms with Crippen molar-refractivity contribution >= 4 is 11.8 Å². The zero-order chi connectivity index (χ0) is 16.3. The Morgan fingerprint density at radius 2 is 1.55 bits per heavy atom. The van der Waals surface area contributed by atoms with Crippen LogP contribution in [-0.4, -0.2) is 35.9 Å². The number of carboxylic acids is 1. The molecular formula is C18H19NO3. The van der Waals surface area contributed by atoms with Crippen molar-refractivity contribution in [3.63, 3.8) is 0 Å². The molecule has 2 rings (SSSR count). The van der Waals surface area contributed by atoms with E-state index < -0.39 is 11.5 Å². The Kier molecular flexibility index (Phi) is 4.43. The highest BCUT2D eigenvalue weighted by Gasteiger charge is 2.37. The first-order valence-corrected chi connectivity index (χ1v) is 6.98. The summed E-state index contributed by atoms with van der Waals surface area (Å²) in [6.07, 6.45) is 0. The Bertz CT molecular complexity index is 694. The second kappa shape index (κ2) is 6.12. The average Bonchev–Trinajstić information content (AvgIpc) is 2.53. The normalized spacial score (nSPS) is 13.6. The van der Waals surface area contributed by atoms with Crippen LogP contribution in [0.5, 0.6) is 0 Å². The molecule has 0 saturated heterocycles. The van der Waals surface area contributed by atoms with Gasteiger partial charge >= 0.3 is 5.97 Å². The van der Waals surface area contributed by atoms with Crippen LogP contribution in [-0.2, 0) is 10.3 Å². The summed E-state index contributed by atoms with van der Waals surface area (Å²) in [7, 11) is 3.42. The SMILES string of the molecule is CN(C)C(C)(C(=O)O)c1cccc(C(=O)c2ccccc2)c1. The standard InChI is InChI=1S/C18H19NO3/c1-18(17(21)22,19(2)3)15-11-7-10-14(12-15)16(20)13-8-5-4-6-9-13/h4-12H,1-3H3,(H,21,22). The lowest BCUT2D eigenvalue weighted by Crippen LogP contribution is -2.45. The Morgan fingerprint density at radius 1 is 0.955 bits per heavy atom. The fourth-order valence-electron chi connectivity index (χ4n) is 2.29. The van der Waals surface area contributed by atoms with Gasteiger partial charge < -0.3 is 5.11 Å². The Balaban J connectivity index is 2.47. The molecule has 0 heterocycles. The molecule has 2 aromatic carbocycles. The molecule has 0 saturated carbocycles. The van der Waals surface area contributed by atoms with Crippen molar-refractivity contribution in [1.29, 1.82) is 0 Å². The molecule has 0 spiro atoms. The summed E-state index contributed by atoms with van der Waals surface area (Å²) in [5.74, 6) is -1.07. The molecule has 0 aliphatic carbocycles. The van der Waals surface area contributed by atoms with Gasteiger partial charge in [-0.1, -0.05) is 48.5 Å². The number of likely N-dealkylation sites (N-methyl/N-ethyl adjacent to an activating group) is 1. The third-order valence-electron chi connectivity index (χ3n) is 4.03. The van der Waals surface area contributed by atoms with E-state index in [0.29, 0.717) is 16.7 Å². The van der Waals surface area contributed by atoms with Crippen molar-refractivity contribution in [2.24, 2.45) is 0 Å². The van der Waals surface area contributed by atoms with Crippen LogP contribution in [0.2, 0.25) is 0 Å². The molecular weight excluding hydrogens is 278 g/mol. The van der Waals surface area contributed by atoms with Gasteiger partial charge in [0.1, 0.15) is 5.54 Å². The minimum Gasteiger partial charge on any atom is -0.480 e. The third-order valence-corrected chi connectivity index (χ3v) is 4.03. The Hall–Kier alpha value is -2.46. The zero-order valence-corrected chi connectivity index (χ0v) is 12.9. The molecule has 2 aromatic rings. The van der Waals surface area contributed by atoms with Gasteiger partial charge in [-0.05, 0) is 32.6 Å². The smallest absolute Gasteiger partial charge is 0.328 e. The number of hydrogen-bond acceptors (Lipinski definition) is 3. The number of benzene rings is 2. The van der Waals surface area contributed by atoms with Gasteiger partial charge in [-0.2, -0.15) is 0 Å². The number of aliphatic carboxylic acids is 1. The van der Waals surface area contributed by atoms with E-state index in [-0.39, 0.29) is 5.78 Å². The van der Waals surface area contributed by atoms with Gasteiger partial charge in [-0.15, -0.1) is 0 Å². The lowest BCUT2D eigenvalue weighted by molar-refractivity contribution is -0.149. The van der Waals surface area contributed by atoms with Crippen LogP contribution >= 0.6 is 0 Å². The van der Waals surface area contributed by atoms with E-state index in [9.17, 15) is 14.7 Å². The molecule has 0 aromatic heterocycles. The summed E-state index contributed by atoms with van der Waals surface area (Å²) < 4.78 is 0. The Morgan fingerprint density at radius 3 is 2.09 bits per heavy atom. The quantitative estimate of drug-likeness (QED) is 0.862. The minimum absolute atomic E-state index is 0.117. The fourth-order valence-corrected chi connectivity index (χ4v) is 2.29. The molecule has 114 valence electrons. The number of carbonyl (C=O) groups excluding carboxylic acids is 1. The monoisotopic (exact) mass is 297 g/mol. The van der Waals surface area contributed by atoms with Gasteiger partial charge in [0.05, 0.1) is 0 Å². The molecule has 1 unspecified atom stereocenters. The summed E-state index contributed by atoms with van der Waals surface area (Å²) in [4.78, 5) is 25.8. The number of nitrogens with zero attached hydrogens (tertiary/aromatic N) is 1. The second-order valence-corrected chi connectivity index (χ2v) is 5.55. The number of ketones is 1. The van der Waals surface area contributed by atoms with Gasteiger partial charge in [-0.25, -0.2) is 4.79 Å². The molecule has 0 fully saturated rings. The molecule has 4 heteroatoms. The molecule has 0 aliphatic rings. The van der Waals surface area contributed by atoms with E-state index in [0.717, 1.165) is 0 Å². The van der Waals surface area contributed by atoms with Crippen LogP contribution in [0.3, 0.4) is 0 Å². The molecule has 1 atom stereocenters. The largest absolute Gasteiger partial charge is 0.480 e. The zero-order valence-electron chi connectivity index (χ0n) is 12.9. The van der Waals surface area contributed by atoms with Crippen LogP contribution < -0.4 is 0 Å². The number of hydrogen-bond donors (Lipinski definition) is 1. The predicted octanol–water partition coefficient (Wildman–Crippen LogP) is 2.78. The van der Waals surface area contributed by atoms with E-state index in [1.54, 1.807) is 74.4 Å². The number of rotatable bonds is 5. The van der Waals surface area contributed by atoms with Gasteiger partial charge in [0.15, 0.2) is 5.78 Å². The third kappa shape index (κ3) is 2.78. The molecule has 0 radical (unpaired) electrons. The van der Waals surface area contributed by atoms with E-state index in [1.807, 2.05) is 6.07 Å². The van der Waals surface area contributed by atoms with Gasteiger partial charge in [0, 0.05) is 11.1 Å². The van der Waals surface area contributed by atoms with E-state index in [4.69, 9.17) is 0 Å². The molecule has 0 amide bonds. The second-order valence-electron chi connectivity index (χ2n) is 5.55. The topological polar surface area (TPSA) is 57.6 Å². The van der Waals surface area contributed by atoms with Crippen molar-refractivity contribution < 1.29 is 14.7 Å². The van der Waals surface area contributed by atoms with E-state index in [2.05, 4.69) is 0 Å². The first-order valence-electron chi connectivity index (χ1n) is 6.98. The van der Waals surface area contributed by atoms with Crippen molar-refractivity contribution in [3.8, 4) is 0 Å². The van der Waals surface area contributed by atoms with Crippen molar-refractivity contribution in [2.45, 2.75) is 12.5 Å². The molecule has 22 heavy (non-hydrogen) atoms. The van der Waals surface area contributed by atoms with Gasteiger partial charge in [0.2, 0.25) is 0 Å². The maximum absolute atomic E-state index is 12.5. The van der Waals surface area contributed by atoms with E-state index in [1.165, 1.54) is 0 Å². The molecule has 1 N–H and O–H groups in total. The lowest BCUT2D eigenvalue weighted by atomic mass is 9.88. The summed E-state index contributed by atoms with van der Waals surface area (Å²) in [6.45, 7) is 1.63. The minimum atomic E-state index is -1.19. The van der Waals surface area contributed by atoms with E-state index >= 15 is 0 Å².